The minimum atomic E-state index is -4.88. The average molecular weight is 274 g/mol. The van der Waals surface area contributed by atoms with Gasteiger partial charge < -0.3 is 12.9 Å². The maximum absolute atomic E-state index is 12.4. The van der Waals surface area contributed by atoms with Crippen LogP contribution in [0.4, 0.5) is 12.9 Å². The Hall–Kier alpha value is -0.0687. The van der Waals surface area contributed by atoms with Gasteiger partial charge in [0.15, 0.2) is 0 Å². The van der Waals surface area contributed by atoms with Crippen molar-refractivity contribution in [1.82, 2.24) is 0 Å². The molecule has 0 saturated heterocycles. The molecule has 5 heteroatoms. The van der Waals surface area contributed by atoms with Gasteiger partial charge in [0.2, 0.25) is 0 Å². The van der Waals surface area contributed by atoms with E-state index in [1.165, 1.54) is 12.1 Å². The third-order valence-corrected chi connectivity index (χ3v) is 2.61. The molecule has 2 aromatic carbocycles. The van der Waals surface area contributed by atoms with Crippen LogP contribution in [0.15, 0.2) is 54.6 Å². The zero-order valence-electron chi connectivity index (χ0n) is 10.1. The molecule has 0 N–H and O–H groups in total. The summed E-state index contributed by atoms with van der Waals surface area (Å²) in [5.41, 5.74) is 1.44. The maximum atomic E-state index is 12.4. The first kappa shape index (κ1) is 16.0. The van der Waals surface area contributed by atoms with Crippen molar-refractivity contribution in [2.24, 2.45) is 0 Å². The summed E-state index contributed by atoms with van der Waals surface area (Å²) in [6.45, 7) is -4.88. The van der Waals surface area contributed by atoms with E-state index in [4.69, 9.17) is 0 Å². The van der Waals surface area contributed by atoms with Gasteiger partial charge in [-0.25, -0.2) is 0 Å². The molecule has 0 unspecified atom stereocenters. The first-order valence-corrected chi connectivity index (χ1v) is 5.38. The molecule has 0 bridgehead atoms. The van der Waals surface area contributed by atoms with Crippen LogP contribution in [-0.4, -0.2) is 6.98 Å². The van der Waals surface area contributed by atoms with E-state index in [1.54, 1.807) is 0 Å². The van der Waals surface area contributed by atoms with E-state index in [-0.39, 0.29) is 51.4 Å². The van der Waals surface area contributed by atoms with Crippen LogP contribution in [0, 0.1) is 0 Å². The third kappa shape index (κ3) is 4.55. The van der Waals surface area contributed by atoms with Crippen molar-refractivity contribution in [1.29, 1.82) is 0 Å². The number of halogens is 3. The van der Waals surface area contributed by atoms with E-state index in [0.717, 1.165) is 23.3 Å². The minimum Gasteiger partial charge on any atom is -0.445 e. The molecule has 0 radical (unpaired) electrons. The first-order valence-electron chi connectivity index (χ1n) is 5.38. The van der Waals surface area contributed by atoms with Crippen LogP contribution in [0.25, 0.3) is 0 Å². The monoisotopic (exact) mass is 274 g/mol. The predicted molar refractivity (Wildman–Crippen MR) is 64.4 cm³/mol. The van der Waals surface area contributed by atoms with Gasteiger partial charge in [0.05, 0.1) is 0 Å². The van der Waals surface area contributed by atoms with E-state index < -0.39 is 12.4 Å². The van der Waals surface area contributed by atoms with Gasteiger partial charge in [0, 0.05) is 0 Å². The second kappa shape index (κ2) is 6.91. The van der Waals surface area contributed by atoms with E-state index in [2.05, 4.69) is 0 Å². The maximum Gasteiger partial charge on any atom is 1.00 e. The summed E-state index contributed by atoms with van der Waals surface area (Å²) in [6, 6.07) is 15.1. The molecule has 0 fully saturated rings. The molecule has 0 aliphatic rings. The molecule has 0 nitrogen and oxygen atoms in total. The quantitative estimate of drug-likeness (QED) is 0.708. The predicted octanol–water partition coefficient (Wildman–Crippen LogP) is 0.336. The Balaban J connectivity index is 0.00000162. The van der Waals surface area contributed by atoms with Crippen LogP contribution in [0.3, 0.4) is 0 Å². The molecule has 0 aliphatic carbocycles. The van der Waals surface area contributed by atoms with Crippen LogP contribution in [0.1, 0.15) is 11.1 Å². The van der Waals surface area contributed by atoms with Gasteiger partial charge in [0.25, 0.3) is 0 Å². The van der Waals surface area contributed by atoms with Gasteiger partial charge in [-0.2, -0.15) is 0 Å². The number of hydrogen-bond donors (Lipinski definition) is 0. The molecule has 18 heavy (non-hydrogen) atoms. The van der Waals surface area contributed by atoms with Gasteiger partial charge in [-0.3, -0.25) is 0 Å². The molecule has 2 rings (SSSR count). The molecule has 2 aromatic rings. The van der Waals surface area contributed by atoms with Gasteiger partial charge in [-0.1, -0.05) is 54.6 Å². The van der Waals surface area contributed by atoms with Gasteiger partial charge in [-0.15, -0.1) is 5.46 Å². The van der Waals surface area contributed by atoms with Crippen molar-refractivity contribution in [2.45, 2.75) is 6.42 Å². The third-order valence-electron chi connectivity index (χ3n) is 2.61. The van der Waals surface area contributed by atoms with Crippen molar-refractivity contribution < 1.29 is 64.3 Å². The molecule has 0 aliphatic heterocycles. The SMILES string of the molecule is F[B-](F)(F)c1ccc(Cc2ccccc2)cc1.[K+]. The summed E-state index contributed by atoms with van der Waals surface area (Å²) in [5, 5.41) is 0. The first-order chi connectivity index (χ1) is 8.05. The van der Waals surface area contributed by atoms with Crippen LogP contribution in [0.5, 0.6) is 0 Å². The van der Waals surface area contributed by atoms with Gasteiger partial charge in [0.1, 0.15) is 0 Å². The summed E-state index contributed by atoms with van der Waals surface area (Å²) < 4.78 is 37.2. The standard InChI is InChI=1S/C13H11BF3.K/c15-14(16,17)13-8-6-12(7-9-13)10-11-4-2-1-3-5-11;/h1-9H,10H2;/q-1;+1. The molecular formula is C13H11BF3K. The summed E-state index contributed by atoms with van der Waals surface area (Å²) in [4.78, 5) is 0. The van der Waals surface area contributed by atoms with Crippen LogP contribution in [0.2, 0.25) is 0 Å². The summed E-state index contributed by atoms with van der Waals surface area (Å²) in [5.74, 6) is 0. The smallest absolute Gasteiger partial charge is 0.445 e. The second-order valence-electron chi connectivity index (χ2n) is 3.98. The number of benzene rings is 2. The Morgan fingerprint density at radius 2 is 1.22 bits per heavy atom. The Kier molecular flexibility index (Phi) is 6.14. The fourth-order valence-electron chi connectivity index (χ4n) is 1.69. The normalized spacial score (nSPS) is 10.8. The summed E-state index contributed by atoms with van der Waals surface area (Å²) >= 11 is 0. The molecular weight excluding hydrogens is 263 g/mol. The Bertz CT molecular complexity index is 480. The van der Waals surface area contributed by atoms with E-state index in [1.807, 2.05) is 30.3 Å². The van der Waals surface area contributed by atoms with Crippen LogP contribution >= 0.6 is 0 Å². The fourth-order valence-corrected chi connectivity index (χ4v) is 1.69. The summed E-state index contributed by atoms with van der Waals surface area (Å²) in [7, 11) is 0. The Morgan fingerprint density at radius 1 is 0.722 bits per heavy atom. The van der Waals surface area contributed by atoms with E-state index >= 15 is 0 Å². The molecule has 0 aromatic heterocycles. The molecule has 88 valence electrons. The topological polar surface area (TPSA) is 0 Å². The largest absolute Gasteiger partial charge is 1.00 e. The molecule has 0 amide bonds. The number of hydrogen-bond acceptors (Lipinski definition) is 0. The van der Waals surface area contributed by atoms with E-state index in [9.17, 15) is 12.9 Å². The zero-order valence-corrected chi connectivity index (χ0v) is 13.2. The van der Waals surface area contributed by atoms with Gasteiger partial charge >= 0.3 is 58.4 Å². The fraction of sp³-hybridized carbons (Fsp3) is 0.0769. The molecule has 0 spiro atoms. The van der Waals surface area contributed by atoms with E-state index in [0.29, 0.717) is 6.42 Å². The average Bonchev–Trinajstić information content (AvgIpc) is 2.30. The van der Waals surface area contributed by atoms with Crippen molar-refractivity contribution >= 4 is 12.4 Å². The van der Waals surface area contributed by atoms with Crippen LogP contribution in [-0.2, 0) is 6.42 Å². The molecule has 0 atom stereocenters. The van der Waals surface area contributed by atoms with Crippen LogP contribution < -0.4 is 56.8 Å². The number of rotatable bonds is 3. The van der Waals surface area contributed by atoms with Crippen molar-refractivity contribution in [3.8, 4) is 0 Å². The van der Waals surface area contributed by atoms with Crippen molar-refractivity contribution in [2.75, 3.05) is 0 Å². The Morgan fingerprint density at radius 3 is 1.72 bits per heavy atom. The van der Waals surface area contributed by atoms with Gasteiger partial charge in [-0.05, 0) is 17.5 Å². The minimum absolute atomic E-state index is 0. The second-order valence-corrected chi connectivity index (χ2v) is 3.98. The Labute approximate surface area is 147 Å². The zero-order chi connectivity index (χ0) is 12.3. The van der Waals surface area contributed by atoms with Crippen molar-refractivity contribution in [3.05, 3.63) is 65.7 Å². The molecule has 0 saturated carbocycles. The molecule has 0 heterocycles. The summed E-state index contributed by atoms with van der Waals surface area (Å²) in [6.07, 6.45) is 0.659. The van der Waals surface area contributed by atoms with Crippen molar-refractivity contribution in [3.63, 3.8) is 0 Å².